The van der Waals surface area contributed by atoms with Crippen molar-refractivity contribution in [1.82, 2.24) is 9.88 Å². The molecule has 0 amide bonds. The van der Waals surface area contributed by atoms with Gasteiger partial charge in [-0.15, -0.1) is 0 Å². The van der Waals surface area contributed by atoms with E-state index in [1.807, 2.05) is 0 Å². The minimum absolute atomic E-state index is 0.0378. The predicted molar refractivity (Wildman–Crippen MR) is 79.7 cm³/mol. The Morgan fingerprint density at radius 3 is 3.10 bits per heavy atom. The highest BCUT2D eigenvalue weighted by molar-refractivity contribution is 5.39. The molecule has 0 radical (unpaired) electrons. The molecule has 2 heterocycles. The van der Waals surface area contributed by atoms with Gasteiger partial charge in [0.15, 0.2) is 0 Å². The van der Waals surface area contributed by atoms with E-state index in [9.17, 15) is 4.79 Å². The fourth-order valence-corrected chi connectivity index (χ4v) is 5.09. The van der Waals surface area contributed by atoms with Crippen LogP contribution in [-0.4, -0.2) is 23.5 Å². The molecule has 1 saturated heterocycles. The fraction of sp³-hybridized carbons (Fsp3) is 0.588. The monoisotopic (exact) mass is 270 g/mol. The van der Waals surface area contributed by atoms with Crippen LogP contribution in [0.4, 0.5) is 0 Å². The Morgan fingerprint density at radius 1 is 1.40 bits per heavy atom. The molecule has 3 unspecified atom stereocenters. The number of allylic oxidation sites excluding steroid dienone is 1. The maximum Gasteiger partial charge on any atom is 0.248 e. The van der Waals surface area contributed by atoms with Crippen LogP contribution in [0.15, 0.2) is 28.6 Å². The van der Waals surface area contributed by atoms with E-state index in [1.54, 1.807) is 6.07 Å². The van der Waals surface area contributed by atoms with Crippen LogP contribution in [0.3, 0.4) is 0 Å². The second kappa shape index (κ2) is 4.08. The summed E-state index contributed by atoms with van der Waals surface area (Å²) in [6.07, 6.45) is 7.20. The highest BCUT2D eigenvalue weighted by atomic mass is 16.1. The Labute approximate surface area is 119 Å². The molecule has 2 bridgehead atoms. The van der Waals surface area contributed by atoms with Gasteiger partial charge in [-0.3, -0.25) is 9.69 Å². The maximum atomic E-state index is 11.7. The van der Waals surface area contributed by atoms with Crippen molar-refractivity contribution in [3.05, 3.63) is 45.4 Å². The van der Waals surface area contributed by atoms with Crippen molar-refractivity contribution in [3.63, 3.8) is 0 Å². The summed E-state index contributed by atoms with van der Waals surface area (Å²) in [5.41, 5.74) is 4.23. The van der Waals surface area contributed by atoms with Gasteiger partial charge in [0.25, 0.3) is 0 Å². The number of fused-ring (bicyclic) bond motifs is 1. The number of aromatic amines is 1. The lowest BCUT2D eigenvalue weighted by Gasteiger charge is -2.58. The Hall–Kier alpha value is -1.35. The number of piperidine rings is 1. The van der Waals surface area contributed by atoms with Crippen LogP contribution < -0.4 is 5.56 Å². The number of rotatable bonds is 0. The lowest BCUT2D eigenvalue weighted by Crippen LogP contribution is -2.59. The minimum atomic E-state index is 0.0378. The van der Waals surface area contributed by atoms with Gasteiger partial charge in [0.1, 0.15) is 0 Å². The van der Waals surface area contributed by atoms with Gasteiger partial charge in [-0.25, -0.2) is 0 Å². The average molecular weight is 270 g/mol. The molecule has 106 valence electrons. The largest absolute Gasteiger partial charge is 0.326 e. The van der Waals surface area contributed by atoms with Gasteiger partial charge in [0, 0.05) is 11.8 Å². The topological polar surface area (TPSA) is 36.1 Å². The average Bonchev–Trinajstić information content (AvgIpc) is 2.39. The molecule has 3 heteroatoms. The van der Waals surface area contributed by atoms with Crippen molar-refractivity contribution in [2.45, 2.75) is 38.1 Å². The molecular formula is C17H22N2O. The lowest BCUT2D eigenvalue weighted by molar-refractivity contribution is -0.0275. The van der Waals surface area contributed by atoms with Crippen molar-refractivity contribution >= 4 is 0 Å². The van der Waals surface area contributed by atoms with E-state index in [0.717, 1.165) is 19.4 Å². The zero-order valence-corrected chi connectivity index (χ0v) is 12.3. The van der Waals surface area contributed by atoms with Gasteiger partial charge in [-0.1, -0.05) is 11.6 Å². The van der Waals surface area contributed by atoms with Crippen molar-refractivity contribution < 1.29 is 0 Å². The summed E-state index contributed by atoms with van der Waals surface area (Å²) in [5.74, 6) is 1.31. The Bertz CT molecular complexity index is 645. The molecule has 0 aromatic carbocycles. The van der Waals surface area contributed by atoms with E-state index in [4.69, 9.17) is 0 Å². The van der Waals surface area contributed by atoms with Crippen molar-refractivity contribution in [2.75, 3.05) is 13.6 Å². The number of hydrogen-bond acceptors (Lipinski definition) is 2. The molecule has 3 aliphatic rings. The molecule has 0 spiro atoms. The maximum absolute atomic E-state index is 11.7. The van der Waals surface area contributed by atoms with Gasteiger partial charge in [0.05, 0.1) is 5.54 Å². The summed E-state index contributed by atoms with van der Waals surface area (Å²) in [6, 6.07) is 3.80. The third kappa shape index (κ3) is 1.47. The van der Waals surface area contributed by atoms with Crippen LogP contribution in [-0.2, 0) is 12.0 Å². The lowest BCUT2D eigenvalue weighted by atomic mass is 9.56. The number of likely N-dealkylation sites (tertiary alicyclic amines) is 1. The molecule has 1 fully saturated rings. The van der Waals surface area contributed by atoms with E-state index < -0.39 is 0 Å². The summed E-state index contributed by atoms with van der Waals surface area (Å²) in [6.45, 7) is 3.43. The SMILES string of the molecule is CC1=CC2Cc3[nH]c(=O)ccc3C3(C1)C2CCCN3C. The van der Waals surface area contributed by atoms with E-state index in [2.05, 4.69) is 36.0 Å². The summed E-state index contributed by atoms with van der Waals surface area (Å²) in [7, 11) is 2.27. The molecule has 4 rings (SSSR count). The molecular weight excluding hydrogens is 248 g/mol. The van der Waals surface area contributed by atoms with Crippen LogP contribution in [0.2, 0.25) is 0 Å². The predicted octanol–water partition coefficient (Wildman–Crippen LogP) is 2.43. The summed E-state index contributed by atoms with van der Waals surface area (Å²) in [5, 5.41) is 0. The van der Waals surface area contributed by atoms with Crippen LogP contribution in [0.1, 0.15) is 37.4 Å². The normalized spacial score (nSPS) is 36.0. The zero-order chi connectivity index (χ0) is 13.9. The first-order valence-corrected chi connectivity index (χ1v) is 7.72. The standard InChI is InChI=1S/C17H22N2O/c1-11-8-12-9-15-14(5-6-16(20)18-15)17(10-11)13(12)4-3-7-19(17)2/h5-6,8,12-13H,3-4,7,9-10H2,1-2H3,(H,18,20). The summed E-state index contributed by atoms with van der Waals surface area (Å²) < 4.78 is 0. The second-order valence-electron chi connectivity index (χ2n) is 6.87. The molecule has 3 nitrogen and oxygen atoms in total. The van der Waals surface area contributed by atoms with Crippen LogP contribution in [0.5, 0.6) is 0 Å². The molecule has 20 heavy (non-hydrogen) atoms. The van der Waals surface area contributed by atoms with Crippen molar-refractivity contribution in [2.24, 2.45) is 11.8 Å². The van der Waals surface area contributed by atoms with Gasteiger partial charge >= 0.3 is 0 Å². The first kappa shape index (κ1) is 12.4. The van der Waals surface area contributed by atoms with Gasteiger partial charge in [-0.2, -0.15) is 0 Å². The van der Waals surface area contributed by atoms with E-state index in [0.29, 0.717) is 11.8 Å². The van der Waals surface area contributed by atoms with Crippen molar-refractivity contribution in [3.8, 4) is 0 Å². The summed E-state index contributed by atoms with van der Waals surface area (Å²) >= 11 is 0. The second-order valence-corrected chi connectivity index (χ2v) is 6.87. The highest BCUT2D eigenvalue weighted by Gasteiger charge is 2.54. The van der Waals surface area contributed by atoms with Gasteiger partial charge in [0.2, 0.25) is 5.56 Å². The number of H-pyrrole nitrogens is 1. The molecule has 1 aliphatic heterocycles. The van der Waals surface area contributed by atoms with Gasteiger partial charge in [-0.05, 0) is 69.7 Å². The quantitative estimate of drug-likeness (QED) is 0.735. The Morgan fingerprint density at radius 2 is 2.25 bits per heavy atom. The number of hydrogen-bond donors (Lipinski definition) is 1. The molecule has 1 aromatic rings. The Kier molecular flexibility index (Phi) is 2.53. The number of aromatic nitrogens is 1. The molecule has 1 aromatic heterocycles. The fourth-order valence-electron chi connectivity index (χ4n) is 5.09. The number of nitrogens with one attached hydrogen (secondary N) is 1. The van der Waals surface area contributed by atoms with Gasteiger partial charge < -0.3 is 4.98 Å². The molecule has 1 N–H and O–H groups in total. The first-order chi connectivity index (χ1) is 9.61. The Balaban J connectivity index is 1.98. The van der Waals surface area contributed by atoms with E-state index >= 15 is 0 Å². The summed E-state index contributed by atoms with van der Waals surface area (Å²) in [4.78, 5) is 17.3. The minimum Gasteiger partial charge on any atom is -0.326 e. The molecule has 3 atom stereocenters. The van der Waals surface area contributed by atoms with Crippen LogP contribution >= 0.6 is 0 Å². The molecule has 2 aliphatic carbocycles. The number of nitrogens with zero attached hydrogens (tertiary/aromatic N) is 1. The smallest absolute Gasteiger partial charge is 0.248 e. The highest BCUT2D eigenvalue weighted by Crippen LogP contribution is 2.55. The van der Waals surface area contributed by atoms with Crippen molar-refractivity contribution in [1.29, 1.82) is 0 Å². The first-order valence-electron chi connectivity index (χ1n) is 7.72. The molecule has 0 saturated carbocycles. The van der Waals surface area contributed by atoms with Crippen LogP contribution in [0, 0.1) is 11.8 Å². The van der Waals surface area contributed by atoms with E-state index in [-0.39, 0.29) is 11.1 Å². The van der Waals surface area contributed by atoms with E-state index in [1.165, 1.54) is 29.7 Å². The zero-order valence-electron chi connectivity index (χ0n) is 12.3. The third-order valence-corrected chi connectivity index (χ3v) is 5.77. The third-order valence-electron chi connectivity index (χ3n) is 5.77. The number of pyridine rings is 1. The van der Waals surface area contributed by atoms with Crippen LogP contribution in [0.25, 0.3) is 0 Å².